The number of hydrogen-bond donors (Lipinski definition) is 1. The number of aliphatic imine (C=N–C) groups is 1. The molecular weight excluding hydrogens is 392 g/mol. The number of hydrogen-bond acceptors (Lipinski definition) is 5. The van der Waals surface area contributed by atoms with Gasteiger partial charge in [0.25, 0.3) is 0 Å². The Morgan fingerprint density at radius 1 is 1.16 bits per heavy atom. The second-order valence-electron chi connectivity index (χ2n) is 8.63. The summed E-state index contributed by atoms with van der Waals surface area (Å²) in [6.45, 7) is 11.8. The number of carbonyl (C=O) groups excluding carboxylic acids is 1. The van der Waals surface area contributed by atoms with Crippen LogP contribution in [0.3, 0.4) is 0 Å². The Balaban J connectivity index is 1.55. The van der Waals surface area contributed by atoms with Gasteiger partial charge in [-0.2, -0.15) is 0 Å². The van der Waals surface area contributed by atoms with Gasteiger partial charge in [0.1, 0.15) is 0 Å². The molecule has 0 aliphatic carbocycles. The molecule has 0 aromatic heterocycles. The van der Waals surface area contributed by atoms with Gasteiger partial charge in [0.2, 0.25) is 0 Å². The predicted octanol–water partition coefficient (Wildman–Crippen LogP) is 2.65. The van der Waals surface area contributed by atoms with Crippen LogP contribution in [0.4, 0.5) is 0 Å². The molecular formula is C24H38N4O3. The lowest BCUT2D eigenvalue weighted by Gasteiger charge is -2.36. The molecule has 31 heavy (non-hydrogen) atoms. The van der Waals surface area contributed by atoms with Gasteiger partial charge < -0.3 is 19.7 Å². The largest absolute Gasteiger partial charge is 0.466 e. The first-order valence-corrected chi connectivity index (χ1v) is 11.6. The number of ether oxygens (including phenoxy) is 2. The van der Waals surface area contributed by atoms with E-state index in [-0.39, 0.29) is 24.1 Å². The second kappa shape index (κ2) is 11.5. The van der Waals surface area contributed by atoms with E-state index in [0.717, 1.165) is 58.1 Å². The zero-order valence-electron chi connectivity index (χ0n) is 19.5. The number of likely N-dealkylation sites (tertiary alicyclic amines) is 1. The summed E-state index contributed by atoms with van der Waals surface area (Å²) in [6, 6.07) is 8.62. The average molecular weight is 431 g/mol. The third-order valence-electron chi connectivity index (χ3n) is 6.07. The number of morpholine rings is 1. The first-order valence-electron chi connectivity index (χ1n) is 11.6. The zero-order chi connectivity index (χ0) is 22.2. The minimum absolute atomic E-state index is 0.00772. The van der Waals surface area contributed by atoms with Gasteiger partial charge in [0.15, 0.2) is 5.96 Å². The third kappa shape index (κ3) is 6.68. The number of piperidine rings is 1. The van der Waals surface area contributed by atoms with Gasteiger partial charge in [-0.15, -0.1) is 0 Å². The van der Waals surface area contributed by atoms with Crippen LogP contribution in [0.15, 0.2) is 29.3 Å². The van der Waals surface area contributed by atoms with E-state index in [0.29, 0.717) is 6.61 Å². The summed E-state index contributed by atoms with van der Waals surface area (Å²) in [5, 5.41) is 3.54. The van der Waals surface area contributed by atoms with Gasteiger partial charge in [0, 0.05) is 46.3 Å². The molecule has 1 aromatic carbocycles. The van der Waals surface area contributed by atoms with Crippen LogP contribution in [0.25, 0.3) is 0 Å². The van der Waals surface area contributed by atoms with E-state index in [2.05, 4.69) is 58.2 Å². The van der Waals surface area contributed by atoms with Crippen LogP contribution in [-0.4, -0.2) is 73.8 Å². The van der Waals surface area contributed by atoms with E-state index in [1.807, 2.05) is 14.0 Å². The minimum Gasteiger partial charge on any atom is -0.466 e. The van der Waals surface area contributed by atoms with Crippen molar-refractivity contribution in [2.24, 2.45) is 10.9 Å². The molecule has 7 nitrogen and oxygen atoms in total. The third-order valence-corrected chi connectivity index (χ3v) is 6.07. The van der Waals surface area contributed by atoms with Crippen molar-refractivity contribution < 1.29 is 14.3 Å². The molecule has 1 N–H and O–H groups in total. The summed E-state index contributed by atoms with van der Waals surface area (Å²) in [6.07, 6.45) is 2.16. The lowest BCUT2D eigenvalue weighted by molar-refractivity contribution is -0.149. The molecule has 0 bridgehead atoms. The van der Waals surface area contributed by atoms with Crippen LogP contribution in [0.2, 0.25) is 0 Å². The Morgan fingerprint density at radius 2 is 1.81 bits per heavy atom. The molecule has 2 unspecified atom stereocenters. The Morgan fingerprint density at radius 3 is 2.42 bits per heavy atom. The van der Waals surface area contributed by atoms with Crippen molar-refractivity contribution in [2.45, 2.75) is 58.9 Å². The summed E-state index contributed by atoms with van der Waals surface area (Å²) >= 11 is 0. The molecule has 1 aromatic rings. The number of carbonyl (C=O) groups is 1. The highest BCUT2D eigenvalue weighted by atomic mass is 16.5. The van der Waals surface area contributed by atoms with Crippen molar-refractivity contribution in [1.82, 2.24) is 15.1 Å². The van der Waals surface area contributed by atoms with Gasteiger partial charge in [-0.05, 0) is 44.7 Å². The van der Waals surface area contributed by atoms with Crippen molar-refractivity contribution in [3.05, 3.63) is 35.4 Å². The summed E-state index contributed by atoms with van der Waals surface area (Å²) in [7, 11) is 1.82. The molecule has 0 radical (unpaired) electrons. The molecule has 2 atom stereocenters. The molecule has 0 saturated carbocycles. The normalized spacial score (nSPS) is 23.6. The smallest absolute Gasteiger partial charge is 0.309 e. The van der Waals surface area contributed by atoms with E-state index in [4.69, 9.17) is 9.47 Å². The highest BCUT2D eigenvalue weighted by molar-refractivity contribution is 5.80. The van der Waals surface area contributed by atoms with Crippen LogP contribution < -0.4 is 5.32 Å². The van der Waals surface area contributed by atoms with Gasteiger partial charge in [-0.3, -0.25) is 14.7 Å². The summed E-state index contributed by atoms with van der Waals surface area (Å²) in [5.74, 6) is 0.838. The van der Waals surface area contributed by atoms with Crippen LogP contribution in [0.1, 0.15) is 44.7 Å². The number of esters is 1. The first kappa shape index (κ1) is 23.5. The molecule has 3 rings (SSSR count). The van der Waals surface area contributed by atoms with E-state index in [1.54, 1.807) is 0 Å². The number of benzene rings is 1. The predicted molar refractivity (Wildman–Crippen MR) is 123 cm³/mol. The fourth-order valence-corrected chi connectivity index (χ4v) is 4.63. The van der Waals surface area contributed by atoms with Crippen molar-refractivity contribution in [3.63, 3.8) is 0 Å². The van der Waals surface area contributed by atoms with E-state index < -0.39 is 0 Å². The van der Waals surface area contributed by atoms with Crippen molar-refractivity contribution in [3.8, 4) is 0 Å². The van der Waals surface area contributed by atoms with Crippen LogP contribution in [-0.2, 0) is 27.4 Å². The number of nitrogens with one attached hydrogen (secondary N) is 1. The Bertz CT molecular complexity index is 736. The summed E-state index contributed by atoms with van der Waals surface area (Å²) in [4.78, 5) is 21.2. The molecule has 172 valence electrons. The highest BCUT2D eigenvalue weighted by Gasteiger charge is 2.27. The fourth-order valence-electron chi connectivity index (χ4n) is 4.63. The molecule has 2 aliphatic heterocycles. The van der Waals surface area contributed by atoms with E-state index in [1.165, 1.54) is 11.1 Å². The zero-order valence-corrected chi connectivity index (χ0v) is 19.5. The van der Waals surface area contributed by atoms with Crippen molar-refractivity contribution >= 4 is 11.9 Å². The Hall–Kier alpha value is -2.12. The lowest BCUT2D eigenvalue weighted by atomic mass is 9.97. The van der Waals surface area contributed by atoms with Crippen LogP contribution in [0.5, 0.6) is 0 Å². The summed E-state index contributed by atoms with van der Waals surface area (Å²) < 4.78 is 11.1. The minimum atomic E-state index is -0.0641. The molecule has 2 saturated heterocycles. The lowest BCUT2D eigenvalue weighted by Crippen LogP contribution is -2.46. The Kier molecular flexibility index (Phi) is 8.72. The SMILES string of the molecule is CCOC(=O)C1CCN(C(=NC)NCc2ccccc2CN2CC(C)OC(C)C2)CC1. The fraction of sp³-hybridized carbons (Fsp3) is 0.667. The maximum Gasteiger partial charge on any atom is 0.309 e. The van der Waals surface area contributed by atoms with Crippen molar-refractivity contribution in [1.29, 1.82) is 0 Å². The molecule has 0 spiro atoms. The maximum absolute atomic E-state index is 12.0. The maximum atomic E-state index is 12.0. The van der Waals surface area contributed by atoms with Gasteiger partial charge in [-0.1, -0.05) is 24.3 Å². The quantitative estimate of drug-likeness (QED) is 0.425. The first-order chi connectivity index (χ1) is 15.0. The summed E-state index contributed by atoms with van der Waals surface area (Å²) in [5.41, 5.74) is 2.63. The van der Waals surface area contributed by atoms with Gasteiger partial charge in [0.05, 0.1) is 24.7 Å². The Labute approximate surface area is 186 Å². The second-order valence-corrected chi connectivity index (χ2v) is 8.63. The molecule has 2 fully saturated rings. The molecule has 0 amide bonds. The van der Waals surface area contributed by atoms with E-state index >= 15 is 0 Å². The van der Waals surface area contributed by atoms with Crippen molar-refractivity contribution in [2.75, 3.05) is 39.8 Å². The van der Waals surface area contributed by atoms with Crippen LogP contribution >= 0.6 is 0 Å². The molecule has 2 heterocycles. The van der Waals surface area contributed by atoms with Crippen LogP contribution in [0, 0.1) is 5.92 Å². The number of nitrogens with zero attached hydrogens (tertiary/aromatic N) is 3. The molecule has 2 aliphatic rings. The monoisotopic (exact) mass is 430 g/mol. The number of rotatable bonds is 6. The topological polar surface area (TPSA) is 66.4 Å². The van der Waals surface area contributed by atoms with Gasteiger partial charge in [-0.25, -0.2) is 0 Å². The van der Waals surface area contributed by atoms with E-state index in [9.17, 15) is 4.79 Å². The average Bonchev–Trinajstić information content (AvgIpc) is 2.75. The highest BCUT2D eigenvalue weighted by Crippen LogP contribution is 2.20. The number of guanidine groups is 1. The standard InChI is InChI=1S/C24H38N4O3/c1-5-30-23(29)20-10-12-28(13-11-20)24(25-4)26-14-21-8-6-7-9-22(21)17-27-15-18(2)31-19(3)16-27/h6-9,18-20H,5,10-17H2,1-4H3,(H,25,26). The van der Waals surface area contributed by atoms with Gasteiger partial charge >= 0.3 is 5.97 Å². The molecule has 7 heteroatoms.